The summed E-state index contributed by atoms with van der Waals surface area (Å²) in [7, 11) is -2.77. The van der Waals surface area contributed by atoms with Crippen molar-refractivity contribution in [2.24, 2.45) is 0 Å². The number of rotatable bonds is 13. The molecule has 4 rings (SSSR count). The van der Waals surface area contributed by atoms with Gasteiger partial charge in [-0.1, -0.05) is 12.1 Å². The second-order valence-corrected chi connectivity index (χ2v) is 12.6. The molecule has 41 heavy (non-hydrogen) atoms. The van der Waals surface area contributed by atoms with E-state index in [-0.39, 0.29) is 54.3 Å². The predicted molar refractivity (Wildman–Crippen MR) is 151 cm³/mol. The lowest BCUT2D eigenvalue weighted by molar-refractivity contribution is -0.126. The maximum Gasteiger partial charge on any atom is 0.251 e. The molecule has 3 amide bonds. The molecule has 1 unspecified atom stereocenters. The van der Waals surface area contributed by atoms with Crippen molar-refractivity contribution in [3.8, 4) is 11.1 Å². The molecule has 2 aromatic carbocycles. The first-order valence-corrected chi connectivity index (χ1v) is 15.3. The van der Waals surface area contributed by atoms with Crippen molar-refractivity contribution < 1.29 is 31.9 Å². The van der Waals surface area contributed by atoms with E-state index in [0.29, 0.717) is 15.8 Å². The van der Waals surface area contributed by atoms with Gasteiger partial charge in [0.25, 0.3) is 5.91 Å². The van der Waals surface area contributed by atoms with E-state index in [1.165, 1.54) is 25.3 Å². The number of nitrogens with one attached hydrogen (secondary N) is 3. The van der Waals surface area contributed by atoms with Crippen LogP contribution in [0, 0.1) is 12.4 Å². The summed E-state index contributed by atoms with van der Waals surface area (Å²) in [5.74, 6) is -2.76. The zero-order valence-corrected chi connectivity index (χ0v) is 23.7. The Morgan fingerprint density at radius 1 is 1.20 bits per heavy atom. The third-order valence-electron chi connectivity index (χ3n) is 6.22. The van der Waals surface area contributed by atoms with Gasteiger partial charge in [0, 0.05) is 30.3 Å². The summed E-state index contributed by atoms with van der Waals surface area (Å²) in [4.78, 5) is 44.8. The number of carbonyl (C=O) groups is 3. The minimum atomic E-state index is -4.11. The number of fused-ring (bicyclic) bond motifs is 1. The second kappa shape index (κ2) is 13.2. The number of ether oxygens (including phenoxy) is 1. The van der Waals surface area contributed by atoms with E-state index in [4.69, 9.17) is 11.3 Å². The highest BCUT2D eigenvalue weighted by molar-refractivity contribution is 7.92. The van der Waals surface area contributed by atoms with Crippen LogP contribution in [0.15, 0.2) is 36.4 Å². The molecule has 0 spiro atoms. The van der Waals surface area contributed by atoms with Gasteiger partial charge in [0.1, 0.15) is 10.8 Å². The number of hydrogen-bond acceptors (Lipinski definition) is 8. The van der Waals surface area contributed by atoms with E-state index in [1.54, 1.807) is 12.1 Å². The van der Waals surface area contributed by atoms with Gasteiger partial charge in [-0.3, -0.25) is 14.4 Å². The monoisotopic (exact) mass is 601 g/mol. The Balaban J connectivity index is 1.60. The Bertz CT molecular complexity index is 1600. The smallest absolute Gasteiger partial charge is 0.251 e. The second-order valence-electron chi connectivity index (χ2n) is 9.37. The number of thiazole rings is 1. The predicted octanol–water partition coefficient (Wildman–Crippen LogP) is 2.25. The van der Waals surface area contributed by atoms with Crippen molar-refractivity contribution in [3.63, 3.8) is 0 Å². The Kier molecular flexibility index (Phi) is 9.64. The highest BCUT2D eigenvalue weighted by Gasteiger charge is 2.37. The fraction of sp³-hybridized carbons (Fsp3) is 0.370. The first kappa shape index (κ1) is 30.0. The lowest BCUT2D eigenvalue weighted by Gasteiger charge is -2.15. The van der Waals surface area contributed by atoms with Crippen LogP contribution in [0.2, 0.25) is 0 Å². The number of sulfone groups is 1. The first-order valence-electron chi connectivity index (χ1n) is 12.7. The van der Waals surface area contributed by atoms with Gasteiger partial charge in [-0.25, -0.2) is 24.4 Å². The minimum Gasteiger partial charge on any atom is -0.384 e. The van der Waals surface area contributed by atoms with Gasteiger partial charge in [-0.05, 0) is 36.6 Å². The molecule has 11 nitrogen and oxygen atoms in total. The Morgan fingerprint density at radius 2 is 1.93 bits per heavy atom. The van der Waals surface area contributed by atoms with E-state index in [2.05, 4.69) is 25.8 Å². The van der Waals surface area contributed by atoms with Crippen LogP contribution < -0.4 is 16.0 Å². The van der Waals surface area contributed by atoms with Crippen molar-refractivity contribution in [1.82, 2.24) is 20.9 Å². The first-order chi connectivity index (χ1) is 19.6. The summed E-state index contributed by atoms with van der Waals surface area (Å²) < 4.78 is 46.8. The molecule has 3 aromatic rings. The number of nitrogens with zero attached hydrogens (tertiary/aromatic N) is 2. The number of methoxy groups -OCH3 is 1. The molecule has 0 radical (unpaired) electrons. The molecule has 1 aliphatic rings. The summed E-state index contributed by atoms with van der Waals surface area (Å²) >= 11 is 0.938. The molecule has 1 saturated carbocycles. The van der Waals surface area contributed by atoms with E-state index in [0.717, 1.165) is 30.2 Å². The number of aromatic nitrogens is 1. The van der Waals surface area contributed by atoms with E-state index in [1.807, 2.05) is 0 Å². The van der Waals surface area contributed by atoms with Crippen LogP contribution in [-0.4, -0.2) is 76.3 Å². The number of hydrogen-bond donors (Lipinski definition) is 3. The van der Waals surface area contributed by atoms with Crippen LogP contribution in [0.4, 0.5) is 4.39 Å². The summed E-state index contributed by atoms with van der Waals surface area (Å²) in [5, 5.41) is 5.97. The number of carbonyl (C=O) groups excluding carboxylic acids is 3. The molecule has 0 aliphatic heterocycles. The summed E-state index contributed by atoms with van der Waals surface area (Å²) in [6.07, 6.45) is 1.73. The molecule has 1 aromatic heterocycles. The summed E-state index contributed by atoms with van der Waals surface area (Å²) in [6, 6.07) is 8.98. The molecule has 1 heterocycles. The Morgan fingerprint density at radius 3 is 2.59 bits per heavy atom. The van der Waals surface area contributed by atoms with E-state index < -0.39 is 38.5 Å². The molecular weight excluding hydrogens is 573 g/mol. The number of amides is 3. The van der Waals surface area contributed by atoms with Crippen LogP contribution in [0.25, 0.3) is 26.2 Å². The number of halogens is 1. The quantitative estimate of drug-likeness (QED) is 0.201. The Hall–Kier alpha value is -3.93. The van der Waals surface area contributed by atoms with Crippen molar-refractivity contribution in [2.45, 2.75) is 24.1 Å². The largest absolute Gasteiger partial charge is 0.384 e. The standard InChI is InChI=1S/C27H28FN5O6S2/c1-29-9-10-30-25(35)17-5-3-16(4-6-17)19-13-22-21(14-20(19)28)33-27(40-22)24(41(37,38)12-11-39-2)26(36)31-15-23(34)32-18-7-8-18/h3-6,13-14,18,24H,7-12,15H2,2H3,(H,30,35)(H,31,36)(H,32,34). The zero-order chi connectivity index (χ0) is 29.6. The average molecular weight is 602 g/mol. The van der Waals surface area contributed by atoms with Crippen molar-refractivity contribution >= 4 is 49.1 Å². The topological polar surface area (TPSA) is 148 Å². The summed E-state index contributed by atoms with van der Waals surface area (Å²) in [6.45, 7) is 6.63. The van der Waals surface area contributed by atoms with Crippen molar-refractivity contribution in [3.05, 3.63) is 64.2 Å². The van der Waals surface area contributed by atoms with Crippen molar-refractivity contribution in [2.75, 3.05) is 39.1 Å². The van der Waals surface area contributed by atoms with E-state index >= 15 is 4.39 Å². The van der Waals surface area contributed by atoms with Gasteiger partial charge in [-0.2, -0.15) is 0 Å². The third kappa shape index (κ3) is 7.63. The molecule has 1 fully saturated rings. The highest BCUT2D eigenvalue weighted by atomic mass is 32.2. The van der Waals surface area contributed by atoms with Crippen LogP contribution in [-0.2, 0) is 24.2 Å². The van der Waals surface area contributed by atoms with Crippen LogP contribution in [0.1, 0.15) is 33.5 Å². The van der Waals surface area contributed by atoms with Gasteiger partial charge in [0.05, 0.1) is 35.7 Å². The van der Waals surface area contributed by atoms with Crippen LogP contribution in [0.3, 0.4) is 0 Å². The van der Waals surface area contributed by atoms with Gasteiger partial charge in [0.2, 0.25) is 18.4 Å². The fourth-order valence-corrected chi connectivity index (χ4v) is 6.90. The molecule has 14 heteroatoms. The van der Waals surface area contributed by atoms with Gasteiger partial charge in [0.15, 0.2) is 15.1 Å². The minimum absolute atomic E-state index is 0.0563. The fourth-order valence-electron chi connectivity index (χ4n) is 3.94. The molecule has 3 N–H and O–H groups in total. The molecule has 0 saturated heterocycles. The average Bonchev–Trinajstić information content (AvgIpc) is 3.67. The van der Waals surface area contributed by atoms with E-state index in [9.17, 15) is 22.8 Å². The molecule has 216 valence electrons. The van der Waals surface area contributed by atoms with Crippen molar-refractivity contribution in [1.29, 1.82) is 0 Å². The van der Waals surface area contributed by atoms with Gasteiger partial charge >= 0.3 is 0 Å². The number of benzene rings is 2. The van der Waals surface area contributed by atoms with Crippen LogP contribution in [0.5, 0.6) is 0 Å². The Labute approximate surface area is 240 Å². The molecule has 1 aliphatic carbocycles. The van der Waals surface area contributed by atoms with Crippen LogP contribution >= 0.6 is 11.3 Å². The normalized spacial score (nSPS) is 13.8. The zero-order valence-electron chi connectivity index (χ0n) is 22.1. The lowest BCUT2D eigenvalue weighted by atomic mass is 10.0. The highest BCUT2D eigenvalue weighted by Crippen LogP contribution is 2.35. The third-order valence-corrected chi connectivity index (χ3v) is 9.34. The molecular formula is C27H28FN5O6S2. The lowest BCUT2D eigenvalue weighted by Crippen LogP contribution is -2.41. The maximum absolute atomic E-state index is 15.2. The SMILES string of the molecule is [C-]#[N+]CCNC(=O)c1ccc(-c2cc3sc(C(C(=O)NCC(=O)NC4CC4)S(=O)(=O)CCOC)nc3cc2F)cc1. The van der Waals surface area contributed by atoms with Gasteiger partial charge < -0.3 is 25.5 Å². The molecule has 0 bridgehead atoms. The molecule has 1 atom stereocenters. The maximum atomic E-state index is 15.2. The summed E-state index contributed by atoms with van der Waals surface area (Å²) in [5.41, 5.74) is 1.20. The van der Waals surface area contributed by atoms with Gasteiger partial charge in [-0.15, -0.1) is 11.3 Å².